The van der Waals surface area contributed by atoms with Crippen molar-refractivity contribution in [3.05, 3.63) is 82.4 Å². The lowest BCUT2D eigenvalue weighted by atomic mass is 9.85. The van der Waals surface area contributed by atoms with E-state index < -0.39 is 11.9 Å². The number of benzene rings is 3. The van der Waals surface area contributed by atoms with E-state index in [1.54, 1.807) is 6.92 Å². The smallest absolute Gasteiger partial charge is 0.336 e. The minimum atomic E-state index is -1.08. The first-order valence-corrected chi connectivity index (χ1v) is 10.5. The SMILES string of the molecule is Cc1c(C(=O)O)cc(-c2ccc(C(C)C)cc2)c(C(=O)O)c1-c1ccc(C(C)C)cc1. The Kier molecular flexibility index (Phi) is 6.30. The van der Waals surface area contributed by atoms with E-state index in [9.17, 15) is 19.8 Å². The lowest BCUT2D eigenvalue weighted by Gasteiger charge is -2.18. The highest BCUT2D eigenvalue weighted by atomic mass is 16.4. The van der Waals surface area contributed by atoms with Crippen LogP contribution in [0.3, 0.4) is 0 Å². The lowest BCUT2D eigenvalue weighted by molar-refractivity contribution is 0.0681. The molecule has 0 radical (unpaired) electrons. The summed E-state index contributed by atoms with van der Waals surface area (Å²) in [6.45, 7) is 10.0. The molecule has 2 N–H and O–H groups in total. The summed E-state index contributed by atoms with van der Waals surface area (Å²) >= 11 is 0. The third kappa shape index (κ3) is 4.38. The van der Waals surface area contributed by atoms with Gasteiger partial charge in [0.25, 0.3) is 0 Å². The summed E-state index contributed by atoms with van der Waals surface area (Å²) in [7, 11) is 0. The molecular weight excluding hydrogens is 388 g/mol. The number of carboxylic acid groups (broad SMARTS) is 2. The Labute approximate surface area is 183 Å². The van der Waals surface area contributed by atoms with Crippen LogP contribution in [0, 0.1) is 6.92 Å². The van der Waals surface area contributed by atoms with Gasteiger partial charge in [-0.2, -0.15) is 0 Å². The van der Waals surface area contributed by atoms with Gasteiger partial charge in [-0.05, 0) is 58.2 Å². The van der Waals surface area contributed by atoms with Crippen molar-refractivity contribution in [1.29, 1.82) is 0 Å². The molecule has 0 spiro atoms. The van der Waals surface area contributed by atoms with Gasteiger partial charge in [0.1, 0.15) is 0 Å². The second-order valence-electron chi connectivity index (χ2n) is 8.51. The van der Waals surface area contributed by atoms with Crippen molar-refractivity contribution in [3.8, 4) is 22.3 Å². The highest BCUT2D eigenvalue weighted by Gasteiger charge is 2.25. The third-order valence-corrected chi connectivity index (χ3v) is 5.79. The van der Waals surface area contributed by atoms with Gasteiger partial charge in [-0.3, -0.25) is 0 Å². The van der Waals surface area contributed by atoms with Crippen molar-refractivity contribution in [3.63, 3.8) is 0 Å². The maximum Gasteiger partial charge on any atom is 0.336 e. The highest BCUT2D eigenvalue weighted by molar-refractivity contribution is 6.07. The average molecular weight is 417 g/mol. The second-order valence-corrected chi connectivity index (χ2v) is 8.51. The molecule has 31 heavy (non-hydrogen) atoms. The molecule has 0 saturated heterocycles. The van der Waals surface area contributed by atoms with Crippen molar-refractivity contribution in [2.75, 3.05) is 0 Å². The van der Waals surface area contributed by atoms with E-state index in [0.29, 0.717) is 39.7 Å². The van der Waals surface area contributed by atoms with Crippen molar-refractivity contribution >= 4 is 11.9 Å². The molecule has 0 aliphatic rings. The zero-order chi connectivity index (χ0) is 22.9. The zero-order valence-electron chi connectivity index (χ0n) is 18.6. The van der Waals surface area contributed by atoms with Crippen LogP contribution < -0.4 is 0 Å². The minimum absolute atomic E-state index is 0.107. The van der Waals surface area contributed by atoms with Crippen molar-refractivity contribution in [1.82, 2.24) is 0 Å². The first kappa shape index (κ1) is 22.3. The van der Waals surface area contributed by atoms with Gasteiger partial charge in [-0.1, -0.05) is 76.2 Å². The first-order valence-electron chi connectivity index (χ1n) is 10.5. The van der Waals surface area contributed by atoms with Gasteiger partial charge in [0.05, 0.1) is 11.1 Å². The molecule has 0 bridgehead atoms. The molecule has 0 atom stereocenters. The van der Waals surface area contributed by atoms with Gasteiger partial charge in [-0.15, -0.1) is 0 Å². The normalized spacial score (nSPS) is 11.2. The number of aromatic carboxylic acids is 2. The summed E-state index contributed by atoms with van der Waals surface area (Å²) in [4.78, 5) is 24.4. The molecule has 3 aromatic rings. The van der Waals surface area contributed by atoms with Crippen LogP contribution in [0.15, 0.2) is 54.6 Å². The predicted octanol–water partition coefficient (Wildman–Crippen LogP) is 6.97. The molecule has 0 amide bonds. The molecule has 0 fully saturated rings. The molecule has 0 heterocycles. The topological polar surface area (TPSA) is 74.6 Å². The monoisotopic (exact) mass is 416 g/mol. The summed E-state index contributed by atoms with van der Waals surface area (Å²) < 4.78 is 0. The molecule has 0 aliphatic carbocycles. The van der Waals surface area contributed by atoms with Crippen molar-refractivity contribution < 1.29 is 19.8 Å². The molecule has 0 aromatic heterocycles. The van der Waals surface area contributed by atoms with E-state index in [2.05, 4.69) is 27.7 Å². The van der Waals surface area contributed by atoms with Crippen molar-refractivity contribution in [2.24, 2.45) is 0 Å². The summed E-state index contributed by atoms with van der Waals surface area (Å²) in [5.74, 6) is -1.47. The highest BCUT2D eigenvalue weighted by Crippen LogP contribution is 2.38. The lowest BCUT2D eigenvalue weighted by Crippen LogP contribution is -2.10. The molecule has 0 unspecified atom stereocenters. The Balaban J connectivity index is 2.33. The summed E-state index contributed by atoms with van der Waals surface area (Å²) in [6, 6.07) is 16.8. The van der Waals surface area contributed by atoms with E-state index in [4.69, 9.17) is 0 Å². The van der Waals surface area contributed by atoms with Crippen LogP contribution in [0.2, 0.25) is 0 Å². The average Bonchev–Trinajstić information content (AvgIpc) is 2.73. The Bertz CT molecular complexity index is 1120. The largest absolute Gasteiger partial charge is 0.478 e. The van der Waals surface area contributed by atoms with E-state index in [-0.39, 0.29) is 11.1 Å². The summed E-state index contributed by atoms with van der Waals surface area (Å²) in [5.41, 5.74) is 5.19. The molecule has 160 valence electrons. The maximum absolute atomic E-state index is 12.4. The van der Waals surface area contributed by atoms with E-state index in [1.807, 2.05) is 48.5 Å². The molecular formula is C27H28O4. The number of carbonyl (C=O) groups is 2. The van der Waals surface area contributed by atoms with E-state index in [0.717, 1.165) is 11.1 Å². The fourth-order valence-corrected chi connectivity index (χ4v) is 3.90. The van der Waals surface area contributed by atoms with E-state index in [1.165, 1.54) is 6.07 Å². The Morgan fingerprint density at radius 3 is 1.55 bits per heavy atom. The Morgan fingerprint density at radius 1 is 0.710 bits per heavy atom. The van der Waals surface area contributed by atoms with Gasteiger partial charge in [-0.25, -0.2) is 9.59 Å². The van der Waals surface area contributed by atoms with Gasteiger partial charge in [0, 0.05) is 5.56 Å². The van der Waals surface area contributed by atoms with Gasteiger partial charge in [0.15, 0.2) is 0 Å². The van der Waals surface area contributed by atoms with Gasteiger partial charge in [0.2, 0.25) is 0 Å². The predicted molar refractivity (Wildman–Crippen MR) is 124 cm³/mol. The van der Waals surface area contributed by atoms with Crippen LogP contribution in [0.1, 0.15) is 76.9 Å². The Morgan fingerprint density at radius 2 is 1.16 bits per heavy atom. The molecule has 4 nitrogen and oxygen atoms in total. The summed E-state index contributed by atoms with van der Waals surface area (Å²) in [6.07, 6.45) is 0. The fourth-order valence-electron chi connectivity index (χ4n) is 3.90. The van der Waals surface area contributed by atoms with Crippen LogP contribution >= 0.6 is 0 Å². The first-order chi connectivity index (χ1) is 14.6. The number of hydrogen-bond acceptors (Lipinski definition) is 2. The third-order valence-electron chi connectivity index (χ3n) is 5.79. The zero-order valence-corrected chi connectivity index (χ0v) is 18.6. The van der Waals surface area contributed by atoms with Crippen LogP contribution in [0.25, 0.3) is 22.3 Å². The summed E-state index contributed by atoms with van der Waals surface area (Å²) in [5, 5.41) is 20.0. The second kappa shape index (κ2) is 8.76. The van der Waals surface area contributed by atoms with Gasteiger partial charge < -0.3 is 10.2 Å². The molecule has 3 rings (SSSR count). The standard InChI is InChI=1S/C27H28O4/c1-15(2)18-6-10-20(11-7-18)23-14-22(26(28)29)17(5)24(25(23)27(30)31)21-12-8-19(9-13-21)16(3)4/h6-16H,1-5H3,(H,28,29)(H,30,31). The molecule has 4 heteroatoms. The quantitative estimate of drug-likeness (QED) is 0.455. The molecule has 3 aromatic carbocycles. The number of hydrogen-bond donors (Lipinski definition) is 2. The Hall–Kier alpha value is -3.40. The van der Waals surface area contributed by atoms with E-state index >= 15 is 0 Å². The fraction of sp³-hybridized carbons (Fsp3) is 0.259. The van der Waals surface area contributed by atoms with Crippen molar-refractivity contribution in [2.45, 2.75) is 46.5 Å². The number of carboxylic acids is 2. The molecule has 0 saturated carbocycles. The number of rotatable bonds is 6. The van der Waals surface area contributed by atoms with Crippen LogP contribution in [-0.4, -0.2) is 22.2 Å². The van der Waals surface area contributed by atoms with Crippen LogP contribution in [-0.2, 0) is 0 Å². The van der Waals surface area contributed by atoms with Crippen LogP contribution in [0.5, 0.6) is 0 Å². The minimum Gasteiger partial charge on any atom is -0.478 e. The van der Waals surface area contributed by atoms with Gasteiger partial charge >= 0.3 is 11.9 Å². The molecule has 0 aliphatic heterocycles. The maximum atomic E-state index is 12.4. The van der Waals surface area contributed by atoms with Crippen LogP contribution in [0.4, 0.5) is 0 Å².